The Labute approximate surface area is 174 Å². The van der Waals surface area contributed by atoms with Crippen LogP contribution in [0.2, 0.25) is 0 Å². The number of hydrogen-bond donors (Lipinski definition) is 2. The Bertz CT molecular complexity index is 1240. The van der Waals surface area contributed by atoms with E-state index in [0.717, 1.165) is 0 Å². The summed E-state index contributed by atoms with van der Waals surface area (Å²) in [6.07, 6.45) is 1.69. The Morgan fingerprint density at radius 1 is 1.10 bits per heavy atom. The number of carboxylic acid groups (broad SMARTS) is 1. The summed E-state index contributed by atoms with van der Waals surface area (Å²) in [5, 5.41) is 12.7. The number of imidazole rings is 1. The van der Waals surface area contributed by atoms with E-state index in [0.29, 0.717) is 34.3 Å². The van der Waals surface area contributed by atoms with Crippen LogP contribution in [0.15, 0.2) is 60.8 Å². The molecule has 0 aliphatic carbocycles. The van der Waals surface area contributed by atoms with Crippen LogP contribution in [-0.4, -0.2) is 39.2 Å². The Morgan fingerprint density at radius 3 is 2.55 bits per heavy atom. The lowest BCUT2D eigenvalue weighted by molar-refractivity contribution is -0.0498. The van der Waals surface area contributed by atoms with Gasteiger partial charge in [-0.05, 0) is 36.4 Å². The molecule has 0 radical (unpaired) electrons. The smallest absolute Gasteiger partial charge is 0.387 e. The predicted molar refractivity (Wildman–Crippen MR) is 108 cm³/mol. The molecule has 4 rings (SSSR count). The van der Waals surface area contributed by atoms with Crippen molar-refractivity contribution < 1.29 is 28.2 Å². The Kier molecular flexibility index (Phi) is 5.35. The van der Waals surface area contributed by atoms with E-state index in [-0.39, 0.29) is 11.4 Å². The molecule has 10 heteroatoms. The quantitative estimate of drug-likeness (QED) is 0.451. The van der Waals surface area contributed by atoms with Gasteiger partial charge in [0.15, 0.2) is 5.69 Å². The third-order valence-corrected chi connectivity index (χ3v) is 4.36. The molecule has 0 saturated carbocycles. The van der Waals surface area contributed by atoms with Crippen molar-refractivity contribution in [1.29, 1.82) is 0 Å². The van der Waals surface area contributed by atoms with Crippen molar-refractivity contribution in [1.82, 2.24) is 14.4 Å². The van der Waals surface area contributed by atoms with Crippen LogP contribution < -0.4 is 14.8 Å². The molecule has 0 aliphatic heterocycles. The predicted octanol–water partition coefficient (Wildman–Crippen LogP) is 4.45. The average Bonchev–Trinajstić information content (AvgIpc) is 3.14. The second kappa shape index (κ2) is 8.27. The lowest BCUT2D eigenvalue weighted by atomic mass is 10.2. The van der Waals surface area contributed by atoms with Gasteiger partial charge in [-0.3, -0.25) is 4.40 Å². The summed E-state index contributed by atoms with van der Waals surface area (Å²) in [4.78, 5) is 20.5. The second-order valence-corrected chi connectivity index (χ2v) is 6.35. The van der Waals surface area contributed by atoms with E-state index < -0.39 is 12.6 Å². The summed E-state index contributed by atoms with van der Waals surface area (Å²) in [5.74, 6) is -0.365. The van der Waals surface area contributed by atoms with Crippen molar-refractivity contribution in [3.05, 3.63) is 66.5 Å². The molecule has 0 atom stereocenters. The van der Waals surface area contributed by atoms with Gasteiger partial charge in [-0.1, -0.05) is 6.07 Å². The minimum absolute atomic E-state index is 0.0247. The molecule has 0 bridgehead atoms. The van der Waals surface area contributed by atoms with E-state index in [9.17, 15) is 18.7 Å². The van der Waals surface area contributed by atoms with E-state index in [4.69, 9.17) is 4.74 Å². The molecule has 158 valence electrons. The van der Waals surface area contributed by atoms with E-state index >= 15 is 0 Å². The zero-order valence-corrected chi connectivity index (χ0v) is 16.1. The Morgan fingerprint density at radius 2 is 1.87 bits per heavy atom. The molecular weight excluding hydrogens is 410 g/mol. The summed E-state index contributed by atoms with van der Waals surface area (Å²) >= 11 is 0. The zero-order chi connectivity index (χ0) is 22.0. The maximum Gasteiger partial charge on any atom is 0.387 e. The molecule has 1 aromatic carbocycles. The lowest BCUT2D eigenvalue weighted by Gasteiger charge is -2.11. The molecule has 3 heterocycles. The minimum atomic E-state index is -2.91. The van der Waals surface area contributed by atoms with Gasteiger partial charge in [0.2, 0.25) is 0 Å². The number of nitrogens with one attached hydrogen (secondary N) is 1. The number of halogens is 2. The van der Waals surface area contributed by atoms with E-state index in [2.05, 4.69) is 20.0 Å². The number of ether oxygens (including phenoxy) is 2. The first-order valence-corrected chi connectivity index (χ1v) is 9.03. The standard InChI is InChI=1S/C21H16F2N4O4/c1-30-14-10-15(19-18(20(28)29)26-17-4-2-3-9-27(17)19)25-16(11-14)24-12-5-7-13(8-6-12)31-21(22)23/h2-11,21H,1H3,(H,24,25)(H,28,29). The number of fused-ring (bicyclic) bond motifs is 1. The lowest BCUT2D eigenvalue weighted by Crippen LogP contribution is -2.03. The van der Waals surface area contributed by atoms with Gasteiger partial charge in [0.1, 0.15) is 28.7 Å². The van der Waals surface area contributed by atoms with Crippen LogP contribution >= 0.6 is 0 Å². The van der Waals surface area contributed by atoms with Crippen LogP contribution in [0.25, 0.3) is 17.0 Å². The molecule has 31 heavy (non-hydrogen) atoms. The number of methoxy groups -OCH3 is 1. The molecular formula is C21H16F2N4O4. The topological polar surface area (TPSA) is 98.0 Å². The molecule has 0 amide bonds. The first-order chi connectivity index (χ1) is 14.9. The maximum absolute atomic E-state index is 12.3. The fraction of sp³-hybridized carbons (Fsp3) is 0.0952. The first kappa shape index (κ1) is 20.1. The summed E-state index contributed by atoms with van der Waals surface area (Å²) in [6, 6.07) is 14.3. The van der Waals surface area contributed by atoms with Crippen molar-refractivity contribution in [2.24, 2.45) is 0 Å². The molecule has 0 spiro atoms. The van der Waals surface area contributed by atoms with E-state index in [1.54, 1.807) is 53.1 Å². The number of aromatic nitrogens is 3. The molecule has 0 fully saturated rings. The number of anilines is 2. The normalized spacial score (nSPS) is 11.0. The van der Waals surface area contributed by atoms with Gasteiger partial charge >= 0.3 is 12.6 Å². The van der Waals surface area contributed by atoms with Crippen molar-refractivity contribution in [2.75, 3.05) is 12.4 Å². The van der Waals surface area contributed by atoms with Crippen LogP contribution in [0.3, 0.4) is 0 Å². The molecule has 0 aliphatic rings. The first-order valence-electron chi connectivity index (χ1n) is 9.03. The number of carbonyl (C=O) groups is 1. The number of hydrogen-bond acceptors (Lipinski definition) is 6. The van der Waals surface area contributed by atoms with Crippen molar-refractivity contribution in [2.45, 2.75) is 6.61 Å². The van der Waals surface area contributed by atoms with Gasteiger partial charge in [0, 0.05) is 24.0 Å². The molecule has 2 N–H and O–H groups in total. The van der Waals surface area contributed by atoms with Crippen molar-refractivity contribution >= 4 is 23.1 Å². The molecule has 3 aromatic heterocycles. The summed E-state index contributed by atoms with van der Waals surface area (Å²) in [6.45, 7) is -2.91. The number of rotatable bonds is 7. The van der Waals surface area contributed by atoms with Gasteiger partial charge in [-0.15, -0.1) is 0 Å². The highest BCUT2D eigenvalue weighted by Crippen LogP contribution is 2.30. The van der Waals surface area contributed by atoms with Crippen LogP contribution in [-0.2, 0) is 0 Å². The third kappa shape index (κ3) is 4.22. The minimum Gasteiger partial charge on any atom is -0.497 e. The third-order valence-electron chi connectivity index (χ3n) is 4.36. The van der Waals surface area contributed by atoms with E-state index in [1.807, 2.05) is 0 Å². The Hall–Kier alpha value is -4.21. The summed E-state index contributed by atoms with van der Waals surface area (Å²) < 4.78 is 36.0. The highest BCUT2D eigenvalue weighted by Gasteiger charge is 2.21. The number of aromatic carboxylic acids is 1. The Balaban J connectivity index is 1.75. The number of pyridine rings is 2. The van der Waals surface area contributed by atoms with Crippen molar-refractivity contribution in [3.63, 3.8) is 0 Å². The van der Waals surface area contributed by atoms with Crippen LogP contribution in [0, 0.1) is 0 Å². The van der Waals surface area contributed by atoms with Crippen LogP contribution in [0.4, 0.5) is 20.3 Å². The van der Waals surface area contributed by atoms with Gasteiger partial charge in [0.25, 0.3) is 0 Å². The van der Waals surface area contributed by atoms with Crippen LogP contribution in [0.5, 0.6) is 11.5 Å². The SMILES string of the molecule is COc1cc(Nc2ccc(OC(F)F)cc2)nc(-c2c(C(=O)O)nc3ccccn23)c1. The van der Waals surface area contributed by atoms with Crippen LogP contribution in [0.1, 0.15) is 10.5 Å². The van der Waals surface area contributed by atoms with E-state index in [1.165, 1.54) is 19.2 Å². The molecule has 0 saturated heterocycles. The van der Waals surface area contributed by atoms with Gasteiger partial charge < -0.3 is 19.9 Å². The zero-order valence-electron chi connectivity index (χ0n) is 16.1. The molecule has 0 unspecified atom stereocenters. The fourth-order valence-electron chi connectivity index (χ4n) is 3.07. The number of benzene rings is 1. The van der Waals surface area contributed by atoms with Gasteiger partial charge in [0.05, 0.1) is 12.8 Å². The maximum atomic E-state index is 12.3. The number of alkyl halides is 2. The monoisotopic (exact) mass is 426 g/mol. The molecule has 4 aromatic rings. The van der Waals surface area contributed by atoms with Gasteiger partial charge in [-0.25, -0.2) is 14.8 Å². The van der Waals surface area contributed by atoms with Gasteiger partial charge in [-0.2, -0.15) is 8.78 Å². The number of nitrogens with zero attached hydrogens (tertiary/aromatic N) is 3. The highest BCUT2D eigenvalue weighted by atomic mass is 19.3. The number of carboxylic acids is 1. The van der Waals surface area contributed by atoms with Crippen molar-refractivity contribution in [3.8, 4) is 22.9 Å². The fourth-order valence-corrected chi connectivity index (χ4v) is 3.07. The highest BCUT2D eigenvalue weighted by molar-refractivity contribution is 5.94. The second-order valence-electron chi connectivity index (χ2n) is 6.35. The molecule has 8 nitrogen and oxygen atoms in total. The summed E-state index contributed by atoms with van der Waals surface area (Å²) in [5.41, 5.74) is 1.50. The largest absolute Gasteiger partial charge is 0.497 e. The summed E-state index contributed by atoms with van der Waals surface area (Å²) in [7, 11) is 1.48. The average molecular weight is 426 g/mol.